The van der Waals surface area contributed by atoms with Crippen molar-refractivity contribution in [3.8, 4) is 11.5 Å². The average Bonchev–Trinajstić information content (AvgIpc) is 2.99. The van der Waals surface area contributed by atoms with E-state index in [1.807, 2.05) is 18.2 Å². The van der Waals surface area contributed by atoms with E-state index in [0.29, 0.717) is 18.0 Å². The lowest BCUT2D eigenvalue weighted by atomic mass is 10.1. The van der Waals surface area contributed by atoms with Gasteiger partial charge in [0.1, 0.15) is 0 Å². The molecule has 0 spiro atoms. The summed E-state index contributed by atoms with van der Waals surface area (Å²) in [6.07, 6.45) is 0. The molecule has 2 N–H and O–H groups in total. The molecule has 6 heteroatoms. The fourth-order valence-electron chi connectivity index (χ4n) is 2.86. The largest absolute Gasteiger partial charge is 0.454 e. The summed E-state index contributed by atoms with van der Waals surface area (Å²) in [6, 6.07) is 5.62. The van der Waals surface area contributed by atoms with Crippen LogP contribution in [0.4, 0.5) is 0 Å². The van der Waals surface area contributed by atoms with Crippen LogP contribution < -0.4 is 15.2 Å². The maximum Gasteiger partial charge on any atom is 0.231 e. The lowest BCUT2D eigenvalue weighted by Gasteiger charge is -2.02. The minimum atomic E-state index is -3.05. The number of sulfone groups is 1. The van der Waals surface area contributed by atoms with Gasteiger partial charge >= 0.3 is 0 Å². The van der Waals surface area contributed by atoms with E-state index in [0.717, 1.165) is 5.56 Å². The molecule has 1 aliphatic carbocycles. The van der Waals surface area contributed by atoms with E-state index < -0.39 is 9.84 Å². The maximum atomic E-state index is 12.0. The number of hydrogen-bond donors (Lipinski definition) is 1. The van der Waals surface area contributed by atoms with E-state index in [1.165, 1.54) is 0 Å². The first kappa shape index (κ1) is 12.7. The highest BCUT2D eigenvalue weighted by atomic mass is 32.2. The SMILES string of the molecule is CCS(=O)(=O)[C@@H]1[C@@H](CN)[C@@H]1c1ccc2c(c1)OCO2. The predicted octanol–water partition coefficient (Wildman–Crippen LogP) is 0.891. The zero-order valence-corrected chi connectivity index (χ0v) is 11.5. The first-order valence-corrected chi connectivity index (χ1v) is 8.11. The Labute approximate surface area is 112 Å². The van der Waals surface area contributed by atoms with E-state index in [4.69, 9.17) is 15.2 Å². The number of hydrogen-bond acceptors (Lipinski definition) is 5. The molecule has 0 saturated heterocycles. The van der Waals surface area contributed by atoms with Crippen molar-refractivity contribution in [2.75, 3.05) is 19.1 Å². The molecule has 1 aliphatic heterocycles. The number of benzene rings is 1. The van der Waals surface area contributed by atoms with Crippen LogP contribution in [0.25, 0.3) is 0 Å². The quantitative estimate of drug-likeness (QED) is 0.888. The number of ether oxygens (including phenoxy) is 2. The van der Waals surface area contributed by atoms with Gasteiger partial charge in [0, 0.05) is 11.7 Å². The van der Waals surface area contributed by atoms with Crippen LogP contribution in [-0.2, 0) is 9.84 Å². The topological polar surface area (TPSA) is 78.6 Å². The fraction of sp³-hybridized carbons (Fsp3) is 0.538. The molecule has 0 unspecified atom stereocenters. The molecule has 1 fully saturated rings. The van der Waals surface area contributed by atoms with Gasteiger partial charge in [-0.25, -0.2) is 8.42 Å². The van der Waals surface area contributed by atoms with Crippen molar-refractivity contribution in [3.63, 3.8) is 0 Å². The van der Waals surface area contributed by atoms with Crippen LogP contribution in [-0.4, -0.2) is 32.8 Å². The highest BCUT2D eigenvalue weighted by Gasteiger charge is 2.57. The Morgan fingerprint density at radius 1 is 1.32 bits per heavy atom. The third-order valence-electron chi connectivity index (χ3n) is 3.97. The van der Waals surface area contributed by atoms with Gasteiger partial charge < -0.3 is 15.2 Å². The van der Waals surface area contributed by atoms with Gasteiger partial charge in [-0.3, -0.25) is 0 Å². The molecule has 3 atom stereocenters. The summed E-state index contributed by atoms with van der Waals surface area (Å²) in [6.45, 7) is 2.29. The fourth-order valence-corrected chi connectivity index (χ4v) is 4.78. The zero-order chi connectivity index (χ0) is 13.6. The van der Waals surface area contributed by atoms with E-state index in [-0.39, 0.29) is 29.6 Å². The molecule has 1 heterocycles. The molecule has 0 amide bonds. The molecule has 1 saturated carbocycles. The molecule has 0 radical (unpaired) electrons. The molecule has 1 aromatic carbocycles. The Hall–Kier alpha value is -1.27. The molecule has 0 bridgehead atoms. The Kier molecular flexibility index (Phi) is 2.94. The molecule has 5 nitrogen and oxygen atoms in total. The van der Waals surface area contributed by atoms with Gasteiger partial charge in [0.15, 0.2) is 21.3 Å². The molecule has 104 valence electrons. The van der Waals surface area contributed by atoms with Gasteiger partial charge in [0.25, 0.3) is 0 Å². The van der Waals surface area contributed by atoms with Crippen LogP contribution in [0.1, 0.15) is 18.4 Å². The predicted molar refractivity (Wildman–Crippen MR) is 71.1 cm³/mol. The van der Waals surface area contributed by atoms with E-state index in [2.05, 4.69) is 0 Å². The second kappa shape index (κ2) is 4.38. The summed E-state index contributed by atoms with van der Waals surface area (Å²) < 4.78 is 34.7. The third-order valence-corrected chi connectivity index (χ3v) is 6.24. The third kappa shape index (κ3) is 1.99. The number of rotatable bonds is 4. The summed E-state index contributed by atoms with van der Waals surface area (Å²) in [5.41, 5.74) is 6.67. The van der Waals surface area contributed by atoms with Crippen LogP contribution in [0.5, 0.6) is 11.5 Å². The van der Waals surface area contributed by atoms with E-state index >= 15 is 0 Å². The van der Waals surface area contributed by atoms with Crippen LogP contribution >= 0.6 is 0 Å². The molecule has 19 heavy (non-hydrogen) atoms. The van der Waals surface area contributed by atoms with Gasteiger partial charge in [-0.1, -0.05) is 13.0 Å². The van der Waals surface area contributed by atoms with Crippen molar-refractivity contribution in [3.05, 3.63) is 23.8 Å². The minimum Gasteiger partial charge on any atom is -0.454 e. The summed E-state index contributed by atoms with van der Waals surface area (Å²) in [7, 11) is -3.05. The van der Waals surface area contributed by atoms with Gasteiger partial charge in [-0.05, 0) is 30.2 Å². The average molecular weight is 283 g/mol. The number of nitrogens with two attached hydrogens (primary N) is 1. The summed E-state index contributed by atoms with van der Waals surface area (Å²) >= 11 is 0. The minimum absolute atomic E-state index is 0.00977. The van der Waals surface area contributed by atoms with Crippen LogP contribution in [0.2, 0.25) is 0 Å². The summed E-state index contributed by atoms with van der Waals surface area (Å²) in [5.74, 6) is 1.57. The van der Waals surface area contributed by atoms with Crippen molar-refractivity contribution in [2.24, 2.45) is 11.7 Å². The van der Waals surface area contributed by atoms with Crippen LogP contribution in [0.15, 0.2) is 18.2 Å². The maximum absolute atomic E-state index is 12.0. The zero-order valence-electron chi connectivity index (χ0n) is 10.7. The molecular weight excluding hydrogens is 266 g/mol. The van der Waals surface area contributed by atoms with Crippen molar-refractivity contribution < 1.29 is 17.9 Å². The standard InChI is InChI=1S/C13H17NO4S/c1-2-19(15,16)13-9(6-14)12(13)8-3-4-10-11(5-8)18-7-17-10/h3-5,9,12-13H,2,6-7,14H2,1H3/t9-,12-,13+/m0/s1. The Bertz CT molecular complexity index is 599. The molecule has 0 aromatic heterocycles. The molecule has 2 aliphatic rings. The van der Waals surface area contributed by atoms with Gasteiger partial charge in [0.05, 0.1) is 5.25 Å². The van der Waals surface area contributed by atoms with Crippen molar-refractivity contribution in [2.45, 2.75) is 18.1 Å². The smallest absolute Gasteiger partial charge is 0.231 e. The van der Waals surface area contributed by atoms with E-state index in [1.54, 1.807) is 6.92 Å². The monoisotopic (exact) mass is 283 g/mol. The first-order chi connectivity index (χ1) is 9.08. The number of fused-ring (bicyclic) bond motifs is 1. The second-order valence-electron chi connectivity index (χ2n) is 4.95. The first-order valence-electron chi connectivity index (χ1n) is 6.39. The molecule has 3 rings (SSSR count). The van der Waals surface area contributed by atoms with Crippen LogP contribution in [0, 0.1) is 5.92 Å². The summed E-state index contributed by atoms with van der Waals surface area (Å²) in [5, 5.41) is -0.345. The molecule has 1 aromatic rings. The highest BCUT2D eigenvalue weighted by molar-refractivity contribution is 7.92. The normalized spacial score (nSPS) is 28.4. The highest BCUT2D eigenvalue weighted by Crippen LogP contribution is 2.53. The lowest BCUT2D eigenvalue weighted by molar-refractivity contribution is 0.174. The second-order valence-corrected chi connectivity index (χ2v) is 7.40. The Morgan fingerprint density at radius 2 is 2.05 bits per heavy atom. The van der Waals surface area contributed by atoms with Crippen molar-refractivity contribution in [1.82, 2.24) is 0 Å². The van der Waals surface area contributed by atoms with Crippen molar-refractivity contribution in [1.29, 1.82) is 0 Å². The van der Waals surface area contributed by atoms with Crippen LogP contribution in [0.3, 0.4) is 0 Å². The Balaban J connectivity index is 1.91. The summed E-state index contributed by atoms with van der Waals surface area (Å²) in [4.78, 5) is 0. The van der Waals surface area contributed by atoms with Gasteiger partial charge in [-0.2, -0.15) is 0 Å². The van der Waals surface area contributed by atoms with E-state index in [9.17, 15) is 8.42 Å². The van der Waals surface area contributed by atoms with Crippen molar-refractivity contribution >= 4 is 9.84 Å². The lowest BCUT2D eigenvalue weighted by Crippen LogP contribution is -2.15. The van der Waals surface area contributed by atoms with Gasteiger partial charge in [0.2, 0.25) is 6.79 Å². The Morgan fingerprint density at radius 3 is 2.74 bits per heavy atom. The molecular formula is C13H17NO4S. The van der Waals surface area contributed by atoms with Gasteiger partial charge in [-0.15, -0.1) is 0 Å².